The minimum absolute atomic E-state index is 0.00656. The molecule has 0 bridgehead atoms. The summed E-state index contributed by atoms with van der Waals surface area (Å²) in [5.41, 5.74) is 0.968. The number of aromatic nitrogens is 3. The molecule has 0 saturated heterocycles. The van der Waals surface area contributed by atoms with Crippen molar-refractivity contribution in [3.05, 3.63) is 33.1 Å². The number of likely N-dealkylation sites (N-methyl/N-ethyl adjacent to an activating group) is 1. The molecule has 3 unspecified atom stereocenters. The number of fused-ring (bicyclic) bond motifs is 1. The lowest BCUT2D eigenvalue weighted by Crippen LogP contribution is -2.56. The van der Waals surface area contributed by atoms with Gasteiger partial charge in [0.25, 0.3) is 11.8 Å². The maximum atomic E-state index is 13.2. The van der Waals surface area contributed by atoms with Crippen LogP contribution in [-0.4, -0.2) is 87.2 Å². The molecule has 14 heteroatoms. The van der Waals surface area contributed by atoms with Crippen LogP contribution in [0.2, 0.25) is 5.15 Å². The third-order valence-corrected chi connectivity index (χ3v) is 8.04. The standard InChI is InChI=1S/C23H29ClN8O3S2/c1-31(2)23(35)12-4-5-13(28-21(36)19(33)30-18-10-25-17(24)9-26-18)15(8-12)27-20(34)22-29-14-6-7-32(3)11-16(14)37-22/h9-10,12-13,15H,4-8,11H2,1-3H3,(H,27,34)(H,28,36)(H,26,30,33). The average molecular weight is 565 g/mol. The zero-order valence-electron chi connectivity index (χ0n) is 20.8. The summed E-state index contributed by atoms with van der Waals surface area (Å²) in [5.74, 6) is -0.874. The Morgan fingerprint density at radius 3 is 2.65 bits per heavy atom. The molecule has 0 radical (unpaired) electrons. The lowest BCUT2D eigenvalue weighted by molar-refractivity contribution is -0.134. The van der Waals surface area contributed by atoms with E-state index in [4.69, 9.17) is 23.8 Å². The predicted octanol–water partition coefficient (Wildman–Crippen LogP) is 1.49. The van der Waals surface area contributed by atoms with Crippen LogP contribution in [0.5, 0.6) is 0 Å². The van der Waals surface area contributed by atoms with Crippen LogP contribution in [-0.2, 0) is 22.6 Å². The van der Waals surface area contributed by atoms with Gasteiger partial charge in [0.15, 0.2) is 15.8 Å². The molecule has 1 fully saturated rings. The van der Waals surface area contributed by atoms with Crippen LogP contribution in [0.4, 0.5) is 5.82 Å². The van der Waals surface area contributed by atoms with Crippen LogP contribution < -0.4 is 16.0 Å². The number of thiazole rings is 1. The van der Waals surface area contributed by atoms with E-state index in [9.17, 15) is 14.4 Å². The summed E-state index contributed by atoms with van der Waals surface area (Å²) >= 11 is 12.5. The predicted molar refractivity (Wildman–Crippen MR) is 145 cm³/mol. The van der Waals surface area contributed by atoms with E-state index >= 15 is 0 Å². The molecule has 4 rings (SSSR count). The second-order valence-corrected chi connectivity index (χ2v) is 11.3. The molecule has 3 amide bonds. The molecule has 2 aromatic rings. The summed E-state index contributed by atoms with van der Waals surface area (Å²) in [7, 11) is 5.48. The smallest absolute Gasteiger partial charge is 0.284 e. The Balaban J connectivity index is 1.45. The molecule has 2 aliphatic rings. The number of nitrogens with one attached hydrogen (secondary N) is 3. The first-order valence-electron chi connectivity index (χ1n) is 11.9. The number of hydrogen-bond acceptors (Lipinski definition) is 9. The molecule has 11 nitrogen and oxygen atoms in total. The van der Waals surface area contributed by atoms with E-state index in [1.807, 2.05) is 7.05 Å². The molecule has 198 valence electrons. The number of carbonyl (C=O) groups is 3. The van der Waals surface area contributed by atoms with Gasteiger partial charge in [-0.1, -0.05) is 23.8 Å². The van der Waals surface area contributed by atoms with Crippen molar-refractivity contribution >= 4 is 63.7 Å². The highest BCUT2D eigenvalue weighted by atomic mass is 35.5. The van der Waals surface area contributed by atoms with Crippen molar-refractivity contribution in [2.75, 3.05) is 33.0 Å². The Bertz CT molecular complexity index is 1190. The van der Waals surface area contributed by atoms with Gasteiger partial charge in [0.2, 0.25) is 5.91 Å². The van der Waals surface area contributed by atoms with E-state index in [2.05, 4.69) is 35.8 Å². The van der Waals surface area contributed by atoms with E-state index in [1.54, 1.807) is 19.0 Å². The number of nitrogens with zero attached hydrogens (tertiary/aromatic N) is 5. The number of anilines is 1. The fraction of sp³-hybridized carbons (Fsp3) is 0.522. The van der Waals surface area contributed by atoms with Crippen molar-refractivity contribution in [2.45, 2.75) is 44.3 Å². The van der Waals surface area contributed by atoms with Crippen LogP contribution in [0.1, 0.15) is 39.6 Å². The molecule has 0 spiro atoms. The summed E-state index contributed by atoms with van der Waals surface area (Å²) in [6.07, 6.45) is 5.02. The van der Waals surface area contributed by atoms with Crippen molar-refractivity contribution in [1.29, 1.82) is 0 Å². The van der Waals surface area contributed by atoms with Crippen molar-refractivity contribution in [2.24, 2.45) is 5.92 Å². The maximum absolute atomic E-state index is 13.2. The summed E-state index contributed by atoms with van der Waals surface area (Å²) < 4.78 is 0. The van der Waals surface area contributed by atoms with E-state index in [1.165, 1.54) is 23.7 Å². The Hall–Kier alpha value is -2.74. The maximum Gasteiger partial charge on any atom is 0.284 e. The first-order chi connectivity index (χ1) is 17.6. The summed E-state index contributed by atoms with van der Waals surface area (Å²) in [6, 6.07) is -0.773. The van der Waals surface area contributed by atoms with Crippen molar-refractivity contribution in [1.82, 2.24) is 35.4 Å². The number of carbonyl (C=O) groups excluding carboxylic acids is 3. The average Bonchev–Trinajstić information content (AvgIpc) is 3.29. The van der Waals surface area contributed by atoms with Gasteiger partial charge in [0.05, 0.1) is 24.1 Å². The Kier molecular flexibility index (Phi) is 8.67. The lowest BCUT2D eigenvalue weighted by Gasteiger charge is -2.37. The molecule has 3 heterocycles. The van der Waals surface area contributed by atoms with Gasteiger partial charge in [0.1, 0.15) is 5.15 Å². The van der Waals surface area contributed by atoms with Crippen LogP contribution >= 0.6 is 35.2 Å². The van der Waals surface area contributed by atoms with Gasteiger partial charge in [-0.15, -0.1) is 11.3 Å². The Morgan fingerprint density at radius 1 is 1.16 bits per heavy atom. The van der Waals surface area contributed by atoms with Crippen LogP contribution in [0, 0.1) is 5.92 Å². The zero-order valence-corrected chi connectivity index (χ0v) is 23.2. The van der Waals surface area contributed by atoms with Gasteiger partial charge >= 0.3 is 0 Å². The minimum atomic E-state index is -0.556. The van der Waals surface area contributed by atoms with E-state index in [-0.39, 0.29) is 39.7 Å². The number of thiocarbonyl (C=S) groups is 1. The highest BCUT2D eigenvalue weighted by Gasteiger charge is 2.37. The van der Waals surface area contributed by atoms with Gasteiger partial charge in [-0.3, -0.25) is 14.4 Å². The monoisotopic (exact) mass is 564 g/mol. The Labute approximate surface area is 229 Å². The molecule has 2 aromatic heterocycles. The Morgan fingerprint density at radius 2 is 1.95 bits per heavy atom. The summed E-state index contributed by atoms with van der Waals surface area (Å²) in [6.45, 7) is 1.68. The van der Waals surface area contributed by atoms with E-state index < -0.39 is 11.9 Å². The second kappa shape index (κ2) is 11.8. The van der Waals surface area contributed by atoms with Gasteiger partial charge in [-0.25, -0.2) is 15.0 Å². The van der Waals surface area contributed by atoms with E-state index in [0.29, 0.717) is 24.3 Å². The quantitative estimate of drug-likeness (QED) is 0.462. The highest BCUT2D eigenvalue weighted by molar-refractivity contribution is 7.82. The zero-order chi connectivity index (χ0) is 26.7. The van der Waals surface area contributed by atoms with Crippen molar-refractivity contribution in [3.8, 4) is 0 Å². The topological polar surface area (TPSA) is 132 Å². The molecule has 3 N–H and O–H groups in total. The van der Waals surface area contributed by atoms with Gasteiger partial charge in [-0.2, -0.15) is 0 Å². The number of hydrogen-bond donors (Lipinski definition) is 3. The fourth-order valence-corrected chi connectivity index (χ4v) is 5.92. The number of rotatable bonds is 5. The largest absolute Gasteiger partial charge is 0.367 e. The highest BCUT2D eigenvalue weighted by Crippen LogP contribution is 2.28. The second-order valence-electron chi connectivity index (χ2n) is 9.46. The van der Waals surface area contributed by atoms with Gasteiger partial charge in [-0.05, 0) is 26.3 Å². The molecule has 37 heavy (non-hydrogen) atoms. The first kappa shape index (κ1) is 27.3. The number of amides is 3. The minimum Gasteiger partial charge on any atom is -0.367 e. The molecule has 1 aliphatic carbocycles. The molecule has 1 saturated carbocycles. The number of halogens is 1. The van der Waals surface area contributed by atoms with Crippen LogP contribution in [0.15, 0.2) is 12.4 Å². The van der Waals surface area contributed by atoms with Gasteiger partial charge in [0, 0.05) is 50.4 Å². The molecule has 1 aliphatic heterocycles. The van der Waals surface area contributed by atoms with Crippen molar-refractivity contribution in [3.63, 3.8) is 0 Å². The molecule has 0 aromatic carbocycles. The lowest BCUT2D eigenvalue weighted by atomic mass is 9.81. The third kappa shape index (κ3) is 6.78. The van der Waals surface area contributed by atoms with Crippen LogP contribution in [0.25, 0.3) is 0 Å². The molecular formula is C23H29ClN8O3S2. The SMILES string of the molecule is CN1CCc2nc(C(=O)NC3CC(C(=O)N(C)C)CCC3NC(=S)C(=O)Nc3cnc(Cl)cn3)sc2C1. The fourth-order valence-electron chi connectivity index (χ4n) is 4.53. The summed E-state index contributed by atoms with van der Waals surface area (Å²) in [5, 5.41) is 9.33. The molecule has 3 atom stereocenters. The first-order valence-corrected chi connectivity index (χ1v) is 13.5. The van der Waals surface area contributed by atoms with Crippen molar-refractivity contribution < 1.29 is 14.4 Å². The third-order valence-electron chi connectivity index (χ3n) is 6.46. The summed E-state index contributed by atoms with van der Waals surface area (Å²) in [4.78, 5) is 55.8. The van der Waals surface area contributed by atoms with E-state index in [0.717, 1.165) is 30.1 Å². The van der Waals surface area contributed by atoms with Gasteiger partial charge < -0.3 is 25.8 Å². The normalized spacial score (nSPS) is 21.5. The van der Waals surface area contributed by atoms with Crippen LogP contribution in [0.3, 0.4) is 0 Å². The molecular weight excluding hydrogens is 536 g/mol.